The maximum atomic E-state index is 12.3. The van der Waals surface area contributed by atoms with Gasteiger partial charge in [0.05, 0.1) is 28.0 Å². The van der Waals surface area contributed by atoms with Crippen LogP contribution in [0.2, 0.25) is 0 Å². The van der Waals surface area contributed by atoms with E-state index in [1.165, 1.54) is 5.56 Å². The fraction of sp³-hybridized carbons (Fsp3) is 0.115. The normalized spacial score (nSPS) is 12.4. The van der Waals surface area contributed by atoms with Crippen molar-refractivity contribution in [3.05, 3.63) is 217 Å². The summed E-state index contributed by atoms with van der Waals surface area (Å²) in [5.74, 6) is 0.954. The van der Waals surface area contributed by atoms with Crippen molar-refractivity contribution in [1.29, 1.82) is 0 Å². The average molecular weight is 845 g/mol. The molecule has 65 heavy (non-hydrogen) atoms. The largest absolute Gasteiger partial charge is 0.507 e. The van der Waals surface area contributed by atoms with Crippen LogP contribution in [-0.4, -0.2) is 19.6 Å². The quantitative estimate of drug-likeness (QED) is 0.149. The molecule has 2 aromatic heterocycles. The number of hydrogen-bond donors (Lipinski definition) is 1. The molecule has 0 saturated carbocycles. The van der Waals surface area contributed by atoms with Crippen LogP contribution in [0.5, 0.6) is 5.75 Å². The molecule has 0 radical (unpaired) electrons. The zero-order chi connectivity index (χ0) is 47.1. The number of aryl methyl sites for hydroxylation is 1. The first kappa shape index (κ1) is 37.7. The van der Waals surface area contributed by atoms with E-state index in [0.29, 0.717) is 11.4 Å². The molecule has 10 aromatic rings. The Morgan fingerprint density at radius 1 is 0.477 bits per heavy atom. The number of hydrogen-bond acceptors (Lipinski definition) is 3. The van der Waals surface area contributed by atoms with Crippen LogP contribution in [0.1, 0.15) is 60.3 Å². The summed E-state index contributed by atoms with van der Waals surface area (Å²) in [6, 6.07) is 65.9. The van der Waals surface area contributed by atoms with Gasteiger partial charge in [0.2, 0.25) is 0 Å². The van der Waals surface area contributed by atoms with Gasteiger partial charge in [-0.3, -0.25) is 9.55 Å². The zero-order valence-corrected chi connectivity index (χ0v) is 37.0. The van der Waals surface area contributed by atoms with Gasteiger partial charge in [0.1, 0.15) is 11.6 Å². The van der Waals surface area contributed by atoms with Crippen molar-refractivity contribution in [1.82, 2.24) is 14.5 Å². The summed E-state index contributed by atoms with van der Waals surface area (Å²) in [5.41, 5.74) is 16.9. The molecular formula is C61H51N3O. The molecule has 0 saturated heterocycles. The van der Waals surface area contributed by atoms with Gasteiger partial charge in [0.15, 0.2) is 0 Å². The second kappa shape index (κ2) is 17.4. The van der Waals surface area contributed by atoms with Gasteiger partial charge in [-0.2, -0.15) is 0 Å². The number of fused-ring (bicyclic) bond motifs is 1. The van der Waals surface area contributed by atoms with Gasteiger partial charge < -0.3 is 5.11 Å². The van der Waals surface area contributed by atoms with Crippen LogP contribution < -0.4 is 0 Å². The van der Waals surface area contributed by atoms with Crippen molar-refractivity contribution < 1.29 is 9.22 Å². The molecule has 0 aliphatic rings. The molecule has 10 rings (SSSR count). The number of para-hydroxylation sites is 1. The number of benzene rings is 8. The topological polar surface area (TPSA) is 50.9 Å². The number of nitrogens with zero attached hydrogens (tertiary/aromatic N) is 3. The van der Waals surface area contributed by atoms with Crippen LogP contribution in [-0.2, 0) is 0 Å². The molecule has 0 amide bonds. The smallest absolute Gasteiger partial charge is 0.149 e. The minimum absolute atomic E-state index is 0.0409. The van der Waals surface area contributed by atoms with E-state index in [9.17, 15) is 5.11 Å². The van der Waals surface area contributed by atoms with Crippen LogP contribution in [0.4, 0.5) is 0 Å². The molecule has 0 fully saturated rings. The number of phenols is 1. The predicted molar refractivity (Wildman–Crippen MR) is 271 cm³/mol. The van der Waals surface area contributed by atoms with Crippen LogP contribution in [0.3, 0.4) is 0 Å². The summed E-state index contributed by atoms with van der Waals surface area (Å²) < 4.78 is 27.3. The maximum Gasteiger partial charge on any atom is 0.149 e. The summed E-state index contributed by atoms with van der Waals surface area (Å²) in [5, 5.41) is 12.3. The number of imidazole rings is 1. The Hall–Kier alpha value is -7.82. The van der Waals surface area contributed by atoms with Gasteiger partial charge >= 0.3 is 0 Å². The molecule has 0 aliphatic carbocycles. The van der Waals surface area contributed by atoms with Crippen molar-refractivity contribution >= 4 is 11.0 Å². The third-order valence-corrected chi connectivity index (χ3v) is 12.4. The summed E-state index contributed by atoms with van der Waals surface area (Å²) in [4.78, 5) is 10.5. The lowest BCUT2D eigenvalue weighted by atomic mass is 9.91. The molecule has 2 heterocycles. The zero-order valence-electron chi connectivity index (χ0n) is 40.0. The molecule has 4 heteroatoms. The number of aromatic nitrogens is 3. The lowest BCUT2D eigenvalue weighted by Gasteiger charge is -2.19. The Kier molecular flexibility index (Phi) is 10.1. The molecule has 0 unspecified atom stereocenters. The molecule has 0 spiro atoms. The molecular weight excluding hydrogens is 791 g/mol. The van der Waals surface area contributed by atoms with E-state index >= 15 is 0 Å². The fourth-order valence-electron chi connectivity index (χ4n) is 8.94. The molecule has 8 aromatic carbocycles. The van der Waals surface area contributed by atoms with Gasteiger partial charge in [-0.05, 0) is 129 Å². The molecule has 316 valence electrons. The Bertz CT molecular complexity index is 3430. The minimum atomic E-state index is -2.33. The standard InChI is InChI=1S/C61H51N3O/c1-39(2)48-36-53(40(3)4)60(65)55(37-48)61-63-59-52(22-15-23-58(59)64(61)57-29-24-41(5)32-54(57)46-20-13-8-14-21-46)50-33-49(43-18-11-7-12-19-43)34-51(35-50)56-38-47(30-31-62-56)45-27-25-44(26-28-45)42-16-9-6-10-17-42/h6-40,65H,1-5H3/i5D3. The van der Waals surface area contributed by atoms with Crippen molar-refractivity contribution in [2.75, 3.05) is 0 Å². The Labute approximate surface area is 386 Å². The first-order valence-electron chi connectivity index (χ1n) is 23.8. The number of pyridine rings is 1. The first-order valence-corrected chi connectivity index (χ1v) is 22.3. The van der Waals surface area contributed by atoms with Crippen LogP contribution >= 0.6 is 0 Å². The monoisotopic (exact) mass is 844 g/mol. The SMILES string of the molecule is [2H]C([2H])([2H])c1ccc(-n2c(-c3cc(C(C)C)cc(C(C)C)c3O)nc3c(-c4cc(-c5ccccc5)cc(-c5cc(-c6ccc(-c7ccccc7)cc6)ccn5)c4)cccc32)c(-c2ccccc2)c1. The van der Waals surface area contributed by atoms with Gasteiger partial charge in [-0.15, -0.1) is 0 Å². The van der Waals surface area contributed by atoms with Crippen molar-refractivity contribution in [3.8, 4) is 89.7 Å². The van der Waals surface area contributed by atoms with Crippen LogP contribution in [0, 0.1) is 6.85 Å². The summed E-state index contributed by atoms with van der Waals surface area (Å²) >= 11 is 0. The minimum Gasteiger partial charge on any atom is -0.507 e. The van der Waals surface area contributed by atoms with E-state index in [4.69, 9.17) is 14.1 Å². The van der Waals surface area contributed by atoms with E-state index in [-0.39, 0.29) is 23.1 Å². The summed E-state index contributed by atoms with van der Waals surface area (Å²) in [6.07, 6.45) is 1.88. The van der Waals surface area contributed by atoms with Crippen LogP contribution in [0.25, 0.3) is 95.0 Å². The summed E-state index contributed by atoms with van der Waals surface area (Å²) in [6.45, 7) is 6.18. The Morgan fingerprint density at radius 2 is 1.09 bits per heavy atom. The second-order valence-corrected chi connectivity index (χ2v) is 17.4. The highest BCUT2D eigenvalue weighted by atomic mass is 16.3. The van der Waals surface area contributed by atoms with Gasteiger partial charge in [0, 0.05) is 27.0 Å². The predicted octanol–water partition coefficient (Wildman–Crippen LogP) is 16.4. The molecule has 1 N–H and O–H groups in total. The Balaban J connectivity index is 1.21. The molecule has 4 nitrogen and oxygen atoms in total. The average Bonchev–Trinajstić information content (AvgIpc) is 3.76. The van der Waals surface area contributed by atoms with Gasteiger partial charge in [-0.1, -0.05) is 173 Å². The van der Waals surface area contributed by atoms with E-state index in [1.807, 2.05) is 54.7 Å². The van der Waals surface area contributed by atoms with E-state index < -0.39 is 6.85 Å². The highest BCUT2D eigenvalue weighted by molar-refractivity contribution is 5.98. The van der Waals surface area contributed by atoms with E-state index in [2.05, 4.69) is 166 Å². The van der Waals surface area contributed by atoms with Crippen molar-refractivity contribution in [3.63, 3.8) is 0 Å². The molecule has 0 bridgehead atoms. The highest BCUT2D eigenvalue weighted by Gasteiger charge is 2.25. The number of rotatable bonds is 10. The maximum absolute atomic E-state index is 12.3. The van der Waals surface area contributed by atoms with Gasteiger partial charge in [0.25, 0.3) is 0 Å². The highest BCUT2D eigenvalue weighted by Crippen LogP contribution is 2.44. The van der Waals surface area contributed by atoms with Gasteiger partial charge in [-0.25, -0.2) is 4.98 Å². The third kappa shape index (κ3) is 8.04. The first-order chi connectivity index (χ1) is 32.9. The summed E-state index contributed by atoms with van der Waals surface area (Å²) in [7, 11) is 0. The fourth-order valence-corrected chi connectivity index (χ4v) is 8.94. The molecule has 0 aliphatic heterocycles. The van der Waals surface area contributed by atoms with E-state index in [1.54, 1.807) is 12.1 Å². The number of phenolic OH excluding ortho intramolecular Hbond substituents is 1. The van der Waals surface area contributed by atoms with E-state index in [0.717, 1.165) is 89.2 Å². The van der Waals surface area contributed by atoms with Crippen molar-refractivity contribution in [2.24, 2.45) is 0 Å². The van der Waals surface area contributed by atoms with Crippen molar-refractivity contribution in [2.45, 2.75) is 46.4 Å². The van der Waals surface area contributed by atoms with Crippen LogP contribution in [0.15, 0.2) is 200 Å². The second-order valence-electron chi connectivity index (χ2n) is 17.4. The lowest BCUT2D eigenvalue weighted by Crippen LogP contribution is -2.03. The molecule has 0 atom stereocenters. The Morgan fingerprint density at radius 3 is 1.75 bits per heavy atom. The lowest BCUT2D eigenvalue weighted by molar-refractivity contribution is 0.466. The number of aromatic hydroxyl groups is 1. The third-order valence-electron chi connectivity index (χ3n) is 12.4.